The van der Waals surface area contributed by atoms with E-state index in [1.807, 2.05) is 0 Å². The Bertz CT molecular complexity index is 439. The molecule has 0 aliphatic carbocycles. The highest BCUT2D eigenvalue weighted by atomic mass is 79.9. The molecule has 1 amide bonds. The molecule has 0 atom stereocenters. The summed E-state index contributed by atoms with van der Waals surface area (Å²) in [5.74, 6) is -0.0427. The Hall–Kier alpha value is -1.15. The van der Waals surface area contributed by atoms with Gasteiger partial charge in [0.15, 0.2) is 0 Å². The minimum atomic E-state index is -1.46. The van der Waals surface area contributed by atoms with Crippen molar-refractivity contribution in [3.63, 3.8) is 0 Å². The van der Waals surface area contributed by atoms with Gasteiger partial charge in [-0.1, -0.05) is 0 Å². The molecule has 1 rings (SSSR count). The zero-order valence-corrected chi connectivity index (χ0v) is 12.0. The van der Waals surface area contributed by atoms with Gasteiger partial charge in [-0.3, -0.25) is 4.79 Å². The lowest BCUT2D eigenvalue weighted by molar-refractivity contribution is 0.0375. The minimum Gasteiger partial charge on any atom is -0.497 e. The average molecular weight is 334 g/mol. The Morgan fingerprint density at radius 3 is 2.37 bits per heavy atom. The van der Waals surface area contributed by atoms with E-state index in [-0.39, 0.29) is 5.56 Å². The summed E-state index contributed by atoms with van der Waals surface area (Å²) in [6, 6.07) is 4.83. The maximum absolute atomic E-state index is 12.1. The molecule has 0 radical (unpaired) electrons. The second kappa shape index (κ2) is 6.85. The van der Waals surface area contributed by atoms with E-state index in [9.17, 15) is 20.1 Å². The number of aliphatic hydroxyl groups is 3. The van der Waals surface area contributed by atoms with Gasteiger partial charge in [0.05, 0.1) is 32.5 Å². The molecule has 0 aliphatic rings. The minimum absolute atomic E-state index is 0.277. The third kappa shape index (κ3) is 3.66. The van der Waals surface area contributed by atoms with E-state index in [1.54, 1.807) is 12.1 Å². The van der Waals surface area contributed by atoms with E-state index in [0.29, 0.717) is 10.2 Å². The van der Waals surface area contributed by atoms with E-state index in [1.165, 1.54) is 13.2 Å². The zero-order chi connectivity index (χ0) is 14.5. The van der Waals surface area contributed by atoms with Gasteiger partial charge in [0.2, 0.25) is 0 Å². The number of nitrogens with one attached hydrogen (secondary N) is 1. The van der Waals surface area contributed by atoms with Gasteiger partial charge in [-0.2, -0.15) is 0 Å². The van der Waals surface area contributed by atoms with Crippen molar-refractivity contribution in [1.82, 2.24) is 5.32 Å². The summed E-state index contributed by atoms with van der Waals surface area (Å²) in [4.78, 5) is 12.1. The molecule has 1 aromatic carbocycles. The molecule has 1 aromatic rings. The lowest BCUT2D eigenvalue weighted by atomic mass is 10.0. The summed E-state index contributed by atoms with van der Waals surface area (Å²) >= 11 is 3.23. The lowest BCUT2D eigenvalue weighted by Crippen LogP contribution is -2.57. The van der Waals surface area contributed by atoms with Crippen LogP contribution in [0.15, 0.2) is 22.7 Å². The fourth-order valence-corrected chi connectivity index (χ4v) is 1.81. The van der Waals surface area contributed by atoms with Gasteiger partial charge >= 0.3 is 0 Å². The van der Waals surface area contributed by atoms with Gasteiger partial charge in [0.25, 0.3) is 5.91 Å². The third-order valence-corrected chi connectivity index (χ3v) is 3.40. The second-order valence-electron chi connectivity index (χ2n) is 4.05. The topological polar surface area (TPSA) is 99.0 Å². The molecule has 106 valence electrons. The van der Waals surface area contributed by atoms with Crippen molar-refractivity contribution < 1.29 is 24.9 Å². The molecule has 4 N–H and O–H groups in total. The van der Waals surface area contributed by atoms with Crippen LogP contribution in [-0.2, 0) is 0 Å². The summed E-state index contributed by atoms with van der Waals surface area (Å²) in [5.41, 5.74) is -1.18. The molecule has 0 aromatic heterocycles. The Labute approximate surface area is 119 Å². The summed E-state index contributed by atoms with van der Waals surface area (Å²) in [5, 5.41) is 29.9. The number of methoxy groups -OCH3 is 1. The number of hydrogen-bond acceptors (Lipinski definition) is 5. The predicted octanol–water partition coefficient (Wildman–Crippen LogP) is -0.0968. The Balaban J connectivity index is 3.00. The van der Waals surface area contributed by atoms with Gasteiger partial charge in [-0.15, -0.1) is 0 Å². The molecular weight excluding hydrogens is 318 g/mol. The van der Waals surface area contributed by atoms with E-state index >= 15 is 0 Å². The molecule has 0 saturated carbocycles. The molecule has 19 heavy (non-hydrogen) atoms. The van der Waals surface area contributed by atoms with Gasteiger partial charge in [-0.05, 0) is 34.1 Å². The van der Waals surface area contributed by atoms with Crippen molar-refractivity contribution in [3.05, 3.63) is 28.2 Å². The second-order valence-corrected chi connectivity index (χ2v) is 4.91. The van der Waals surface area contributed by atoms with Crippen LogP contribution in [0.1, 0.15) is 10.4 Å². The smallest absolute Gasteiger partial charge is 0.253 e. The fraction of sp³-hybridized carbons (Fsp3) is 0.417. The van der Waals surface area contributed by atoms with Crippen molar-refractivity contribution in [1.29, 1.82) is 0 Å². The maximum atomic E-state index is 12.1. The highest BCUT2D eigenvalue weighted by Gasteiger charge is 2.30. The summed E-state index contributed by atoms with van der Waals surface area (Å²) in [7, 11) is 1.48. The Morgan fingerprint density at radius 1 is 1.32 bits per heavy atom. The number of hydrogen-bond donors (Lipinski definition) is 4. The quantitative estimate of drug-likeness (QED) is 0.583. The lowest BCUT2D eigenvalue weighted by Gasteiger charge is -2.28. The Kier molecular flexibility index (Phi) is 5.74. The van der Waals surface area contributed by atoms with Gasteiger partial charge in [0.1, 0.15) is 11.3 Å². The van der Waals surface area contributed by atoms with E-state index in [0.717, 1.165) is 0 Å². The first-order valence-electron chi connectivity index (χ1n) is 5.50. The predicted molar refractivity (Wildman–Crippen MR) is 72.1 cm³/mol. The molecule has 6 nitrogen and oxygen atoms in total. The van der Waals surface area contributed by atoms with Crippen molar-refractivity contribution in [3.8, 4) is 5.75 Å². The van der Waals surface area contributed by atoms with E-state index in [2.05, 4.69) is 21.2 Å². The van der Waals surface area contributed by atoms with Gasteiger partial charge < -0.3 is 25.4 Å². The number of halogens is 1. The third-order valence-electron chi connectivity index (χ3n) is 2.70. The SMILES string of the molecule is COc1ccc(Br)c(C(=O)NC(CO)(CO)CO)c1. The van der Waals surface area contributed by atoms with Crippen LogP contribution < -0.4 is 10.1 Å². The highest BCUT2D eigenvalue weighted by molar-refractivity contribution is 9.10. The van der Waals surface area contributed by atoms with Crippen LogP contribution in [0.4, 0.5) is 0 Å². The van der Waals surface area contributed by atoms with Crippen LogP contribution in [0.5, 0.6) is 5.75 Å². The first-order chi connectivity index (χ1) is 9.01. The van der Waals surface area contributed by atoms with Gasteiger partial charge in [-0.25, -0.2) is 0 Å². The summed E-state index contributed by atoms with van der Waals surface area (Å²) in [6.07, 6.45) is 0. The number of carbonyl (C=O) groups excluding carboxylic acids is 1. The van der Waals surface area contributed by atoms with Crippen molar-refractivity contribution in [2.75, 3.05) is 26.9 Å². The fourth-order valence-electron chi connectivity index (χ4n) is 1.38. The van der Waals surface area contributed by atoms with E-state index < -0.39 is 31.3 Å². The van der Waals surface area contributed by atoms with Crippen LogP contribution in [0.3, 0.4) is 0 Å². The van der Waals surface area contributed by atoms with Crippen molar-refractivity contribution in [2.24, 2.45) is 0 Å². The van der Waals surface area contributed by atoms with E-state index in [4.69, 9.17) is 4.74 Å². The Morgan fingerprint density at radius 2 is 1.89 bits per heavy atom. The van der Waals surface area contributed by atoms with Crippen LogP contribution in [-0.4, -0.2) is 53.7 Å². The van der Waals surface area contributed by atoms with Crippen LogP contribution >= 0.6 is 15.9 Å². The van der Waals surface area contributed by atoms with Crippen LogP contribution in [0, 0.1) is 0 Å². The first kappa shape index (κ1) is 15.9. The summed E-state index contributed by atoms with van der Waals surface area (Å²) < 4.78 is 5.56. The van der Waals surface area contributed by atoms with Crippen molar-refractivity contribution in [2.45, 2.75) is 5.54 Å². The number of ether oxygens (including phenoxy) is 1. The highest BCUT2D eigenvalue weighted by Crippen LogP contribution is 2.23. The normalized spacial score (nSPS) is 11.2. The average Bonchev–Trinajstić information content (AvgIpc) is 2.45. The molecular formula is C12H16BrNO5. The molecule has 0 heterocycles. The molecule has 0 bridgehead atoms. The number of rotatable bonds is 6. The number of carbonyl (C=O) groups is 1. The largest absolute Gasteiger partial charge is 0.497 e. The van der Waals surface area contributed by atoms with Gasteiger partial charge in [0, 0.05) is 4.47 Å². The number of amides is 1. The molecule has 0 aliphatic heterocycles. The number of aliphatic hydroxyl groups excluding tert-OH is 3. The molecule has 7 heteroatoms. The monoisotopic (exact) mass is 333 g/mol. The molecule has 0 fully saturated rings. The first-order valence-corrected chi connectivity index (χ1v) is 6.30. The maximum Gasteiger partial charge on any atom is 0.253 e. The summed E-state index contributed by atoms with van der Waals surface area (Å²) in [6.45, 7) is -1.73. The van der Waals surface area contributed by atoms with Crippen LogP contribution in [0.25, 0.3) is 0 Å². The number of benzene rings is 1. The molecule has 0 unspecified atom stereocenters. The molecule has 0 saturated heterocycles. The standard InChI is InChI=1S/C12H16BrNO5/c1-19-8-2-3-10(13)9(4-8)11(18)14-12(5-15,6-16)7-17/h2-4,15-17H,5-7H2,1H3,(H,14,18). The zero-order valence-electron chi connectivity index (χ0n) is 10.4. The van der Waals surface area contributed by atoms with Crippen LogP contribution in [0.2, 0.25) is 0 Å². The molecule has 0 spiro atoms. The van der Waals surface area contributed by atoms with Crippen molar-refractivity contribution >= 4 is 21.8 Å².